The van der Waals surface area contributed by atoms with Crippen LogP contribution in [0.25, 0.3) is 0 Å². The van der Waals surface area contributed by atoms with E-state index >= 15 is 0 Å². The minimum atomic E-state index is -3.89. The number of aryl methyl sites for hydroxylation is 1. The lowest BCUT2D eigenvalue weighted by molar-refractivity contribution is 0.174. The summed E-state index contributed by atoms with van der Waals surface area (Å²) in [4.78, 5) is 0.146. The van der Waals surface area contributed by atoms with Crippen LogP contribution in [0.4, 0.5) is 4.39 Å². The molecular formula is C22H20FNO4S. The second kappa shape index (κ2) is 7.50. The zero-order valence-corrected chi connectivity index (χ0v) is 16.8. The molecule has 0 aliphatic carbocycles. The fraction of sp³-hybridized carbons (Fsp3) is 0.182. The van der Waals surface area contributed by atoms with Gasteiger partial charge >= 0.3 is 0 Å². The summed E-state index contributed by atoms with van der Waals surface area (Å²) in [5.41, 5.74) is 2.01. The van der Waals surface area contributed by atoms with Gasteiger partial charge in [-0.2, -0.15) is 4.31 Å². The molecule has 5 nitrogen and oxygen atoms in total. The Morgan fingerprint density at radius 1 is 0.931 bits per heavy atom. The van der Waals surface area contributed by atoms with E-state index in [9.17, 15) is 12.8 Å². The van der Waals surface area contributed by atoms with Crippen molar-refractivity contribution in [1.82, 2.24) is 4.31 Å². The lowest BCUT2D eigenvalue weighted by atomic mass is 9.99. The zero-order chi connectivity index (χ0) is 20.6. The molecule has 4 rings (SSSR count). The molecule has 1 aliphatic heterocycles. The molecule has 0 bridgehead atoms. The highest BCUT2D eigenvalue weighted by Gasteiger charge is 2.33. The Hall–Kier alpha value is -2.90. The molecule has 1 aliphatic rings. The Bertz CT molecular complexity index is 1130. The summed E-state index contributed by atoms with van der Waals surface area (Å²) in [6.45, 7) is 1.79. The first-order valence-electron chi connectivity index (χ1n) is 9.06. The van der Waals surface area contributed by atoms with Crippen LogP contribution < -0.4 is 9.47 Å². The zero-order valence-electron chi connectivity index (χ0n) is 16.0. The molecule has 0 aromatic heterocycles. The Kier molecular flexibility index (Phi) is 5.02. The van der Waals surface area contributed by atoms with E-state index in [2.05, 4.69) is 0 Å². The van der Waals surface area contributed by atoms with E-state index in [1.165, 1.54) is 29.6 Å². The summed E-state index contributed by atoms with van der Waals surface area (Å²) in [7, 11) is -2.36. The van der Waals surface area contributed by atoms with E-state index in [0.717, 1.165) is 5.56 Å². The second-order valence-corrected chi connectivity index (χ2v) is 8.82. The smallest absolute Gasteiger partial charge is 0.244 e. The van der Waals surface area contributed by atoms with Crippen molar-refractivity contribution in [3.8, 4) is 11.5 Å². The summed E-state index contributed by atoms with van der Waals surface area (Å²) < 4.78 is 52.6. The highest BCUT2D eigenvalue weighted by molar-refractivity contribution is 7.89. The monoisotopic (exact) mass is 413 g/mol. The number of rotatable bonds is 5. The van der Waals surface area contributed by atoms with Gasteiger partial charge in [0.2, 0.25) is 16.8 Å². The van der Waals surface area contributed by atoms with E-state index in [0.29, 0.717) is 22.6 Å². The minimum Gasteiger partial charge on any atom is -0.454 e. The Morgan fingerprint density at radius 3 is 2.17 bits per heavy atom. The van der Waals surface area contributed by atoms with Crippen molar-refractivity contribution in [2.45, 2.75) is 17.9 Å². The molecule has 7 heteroatoms. The fourth-order valence-electron chi connectivity index (χ4n) is 3.49. The summed E-state index contributed by atoms with van der Waals surface area (Å²) >= 11 is 0. The maximum atomic E-state index is 13.6. The molecule has 0 amide bonds. The molecular weight excluding hydrogens is 393 g/mol. The molecule has 0 spiro atoms. The van der Waals surface area contributed by atoms with Gasteiger partial charge in [0, 0.05) is 13.1 Å². The number of benzene rings is 3. The lowest BCUT2D eigenvalue weighted by Crippen LogP contribution is -2.32. The van der Waals surface area contributed by atoms with Crippen LogP contribution in [0.2, 0.25) is 0 Å². The van der Waals surface area contributed by atoms with Crippen molar-refractivity contribution in [3.63, 3.8) is 0 Å². The molecule has 0 saturated heterocycles. The fourth-order valence-corrected chi connectivity index (χ4v) is 5.04. The first kappa shape index (κ1) is 19.4. The van der Waals surface area contributed by atoms with Crippen LogP contribution in [-0.4, -0.2) is 26.6 Å². The maximum Gasteiger partial charge on any atom is 0.244 e. The van der Waals surface area contributed by atoms with Crippen LogP contribution >= 0.6 is 0 Å². The molecule has 0 saturated carbocycles. The van der Waals surface area contributed by atoms with Gasteiger partial charge in [-0.15, -0.1) is 0 Å². The van der Waals surface area contributed by atoms with Gasteiger partial charge in [-0.25, -0.2) is 12.8 Å². The highest BCUT2D eigenvalue weighted by atomic mass is 32.2. The Labute approximate surface area is 169 Å². The van der Waals surface area contributed by atoms with E-state index in [1.54, 1.807) is 25.1 Å². The Balaban J connectivity index is 1.82. The van der Waals surface area contributed by atoms with Gasteiger partial charge in [0.05, 0.1) is 10.9 Å². The summed E-state index contributed by atoms with van der Waals surface area (Å²) in [6, 6.07) is 17.7. The largest absolute Gasteiger partial charge is 0.454 e. The molecule has 29 heavy (non-hydrogen) atoms. The highest BCUT2D eigenvalue weighted by Crippen LogP contribution is 2.39. The number of hydrogen-bond acceptors (Lipinski definition) is 4. The summed E-state index contributed by atoms with van der Waals surface area (Å²) in [5.74, 6) is 0.556. The van der Waals surface area contributed by atoms with E-state index in [4.69, 9.17) is 9.47 Å². The number of nitrogens with zero attached hydrogens (tertiary/aromatic N) is 1. The third-order valence-electron chi connectivity index (χ3n) is 4.99. The number of halogens is 1. The van der Waals surface area contributed by atoms with Crippen molar-refractivity contribution in [1.29, 1.82) is 0 Å². The Morgan fingerprint density at radius 2 is 1.52 bits per heavy atom. The molecule has 1 unspecified atom stereocenters. The number of fused-ring (bicyclic) bond motifs is 1. The molecule has 150 valence electrons. The molecule has 1 heterocycles. The quantitative estimate of drug-likeness (QED) is 0.627. The van der Waals surface area contributed by atoms with Crippen molar-refractivity contribution in [2.75, 3.05) is 13.8 Å². The van der Waals surface area contributed by atoms with Gasteiger partial charge in [-0.05, 0) is 41.8 Å². The molecule has 0 radical (unpaired) electrons. The van der Waals surface area contributed by atoms with Gasteiger partial charge in [-0.1, -0.05) is 42.5 Å². The van der Waals surface area contributed by atoms with Crippen molar-refractivity contribution in [3.05, 3.63) is 89.2 Å². The first-order valence-corrected chi connectivity index (χ1v) is 10.5. The van der Waals surface area contributed by atoms with E-state index < -0.39 is 16.1 Å². The topological polar surface area (TPSA) is 55.8 Å². The van der Waals surface area contributed by atoms with Crippen LogP contribution in [0.5, 0.6) is 11.5 Å². The second-order valence-electron chi connectivity index (χ2n) is 6.86. The molecule has 1 atom stereocenters. The number of ether oxygens (including phenoxy) is 2. The van der Waals surface area contributed by atoms with Gasteiger partial charge in [-0.3, -0.25) is 0 Å². The predicted molar refractivity (Wildman–Crippen MR) is 107 cm³/mol. The van der Waals surface area contributed by atoms with Crippen LogP contribution in [0.3, 0.4) is 0 Å². The SMILES string of the molecule is Cc1cc2c(cc1S(=O)(=O)N(C)C(c1ccccc1)c1ccc(F)cc1)OCO2. The average molecular weight is 413 g/mol. The van der Waals surface area contributed by atoms with Crippen LogP contribution in [0.15, 0.2) is 71.6 Å². The summed E-state index contributed by atoms with van der Waals surface area (Å²) in [6.07, 6.45) is 0. The minimum absolute atomic E-state index is 0.0658. The third kappa shape index (κ3) is 3.59. The van der Waals surface area contributed by atoms with Gasteiger partial charge < -0.3 is 9.47 Å². The van der Waals surface area contributed by atoms with Gasteiger partial charge in [0.25, 0.3) is 0 Å². The third-order valence-corrected chi connectivity index (χ3v) is 6.96. The standard InChI is InChI=1S/C22H20FNO4S/c1-15-12-19-20(28-14-27-19)13-21(15)29(25,26)24(2)22(16-6-4-3-5-7-16)17-8-10-18(23)11-9-17/h3-13,22H,14H2,1-2H3. The van der Waals surface area contributed by atoms with Crippen LogP contribution in [0, 0.1) is 12.7 Å². The number of hydrogen-bond donors (Lipinski definition) is 0. The molecule has 0 N–H and O–H groups in total. The van der Waals surface area contributed by atoms with E-state index in [-0.39, 0.29) is 17.5 Å². The molecule has 3 aromatic carbocycles. The van der Waals surface area contributed by atoms with Gasteiger partial charge in [0.15, 0.2) is 11.5 Å². The van der Waals surface area contributed by atoms with E-state index in [1.807, 2.05) is 30.3 Å². The van der Waals surface area contributed by atoms with Crippen LogP contribution in [0.1, 0.15) is 22.7 Å². The average Bonchev–Trinajstić information content (AvgIpc) is 3.17. The van der Waals surface area contributed by atoms with Crippen LogP contribution in [-0.2, 0) is 10.0 Å². The lowest BCUT2D eigenvalue weighted by Gasteiger charge is -2.29. The predicted octanol–water partition coefficient (Wildman–Crippen LogP) is 4.27. The normalized spacial score (nSPS) is 14.2. The number of sulfonamides is 1. The van der Waals surface area contributed by atoms with Gasteiger partial charge in [0.1, 0.15) is 5.82 Å². The molecule has 3 aromatic rings. The van der Waals surface area contributed by atoms with Crippen molar-refractivity contribution >= 4 is 10.0 Å². The maximum absolute atomic E-state index is 13.6. The first-order chi connectivity index (χ1) is 13.9. The van der Waals surface area contributed by atoms with Crippen molar-refractivity contribution in [2.24, 2.45) is 0 Å². The van der Waals surface area contributed by atoms with Crippen molar-refractivity contribution < 1.29 is 22.3 Å². The molecule has 0 fully saturated rings. The summed E-state index contributed by atoms with van der Waals surface area (Å²) in [5, 5.41) is 0.